The predicted octanol–water partition coefficient (Wildman–Crippen LogP) is 2.78. The lowest BCUT2D eigenvalue weighted by Crippen LogP contribution is -2.32. The molecular weight excluding hydrogens is 271 g/mol. The van der Waals surface area contributed by atoms with Gasteiger partial charge in [-0.15, -0.1) is 0 Å². The molecule has 0 aromatic heterocycles. The molecule has 1 fully saturated rings. The Morgan fingerprint density at radius 3 is 3.06 bits per heavy atom. The lowest BCUT2D eigenvalue weighted by Gasteiger charge is -2.20. The molecule has 0 aliphatic carbocycles. The van der Waals surface area contributed by atoms with E-state index in [2.05, 4.69) is 33.1 Å². The Kier molecular flexibility index (Phi) is 3.82. The normalized spacial score (nSPS) is 20.4. The van der Waals surface area contributed by atoms with Gasteiger partial charge in [0, 0.05) is 23.6 Å². The van der Waals surface area contributed by atoms with Crippen molar-refractivity contribution in [3.05, 3.63) is 28.5 Å². The number of nitrogens with zero attached hydrogens (tertiary/aromatic N) is 1. The highest BCUT2D eigenvalue weighted by molar-refractivity contribution is 9.10. The van der Waals surface area contributed by atoms with Crippen molar-refractivity contribution in [1.82, 2.24) is 5.32 Å². The first kappa shape index (κ1) is 11.9. The summed E-state index contributed by atoms with van der Waals surface area (Å²) < 4.78 is 13.8. The van der Waals surface area contributed by atoms with Gasteiger partial charge in [-0.3, -0.25) is 0 Å². The summed E-state index contributed by atoms with van der Waals surface area (Å²) in [6, 6.07) is 5.44. The summed E-state index contributed by atoms with van der Waals surface area (Å²) in [6.07, 6.45) is 1.15. The number of likely N-dealkylation sites (N-methyl/N-ethyl adjacent to an activating group) is 1. The van der Waals surface area contributed by atoms with Gasteiger partial charge in [0.25, 0.3) is 0 Å². The minimum atomic E-state index is -0.196. The van der Waals surface area contributed by atoms with Gasteiger partial charge in [0.1, 0.15) is 5.82 Å². The number of anilines is 1. The third-order valence-corrected chi connectivity index (χ3v) is 3.57. The second-order valence-corrected chi connectivity index (χ2v) is 4.94. The number of hydrogen-bond donors (Lipinski definition) is 1. The first-order valence-corrected chi connectivity index (χ1v) is 6.43. The number of halogens is 2. The van der Waals surface area contributed by atoms with Crippen molar-refractivity contribution in [1.29, 1.82) is 0 Å². The second kappa shape index (κ2) is 5.15. The molecule has 16 heavy (non-hydrogen) atoms. The van der Waals surface area contributed by atoms with E-state index in [-0.39, 0.29) is 5.82 Å². The van der Waals surface area contributed by atoms with Crippen molar-refractivity contribution in [3.8, 4) is 0 Å². The zero-order chi connectivity index (χ0) is 11.5. The molecule has 0 radical (unpaired) electrons. The van der Waals surface area contributed by atoms with Crippen molar-refractivity contribution in [3.63, 3.8) is 0 Å². The number of nitrogens with one attached hydrogen (secondary N) is 1. The van der Waals surface area contributed by atoms with Crippen LogP contribution in [0, 0.1) is 5.82 Å². The molecule has 1 atom stereocenters. The maximum atomic E-state index is 13.0. The molecule has 88 valence electrons. The van der Waals surface area contributed by atoms with Crippen molar-refractivity contribution >= 4 is 21.6 Å². The van der Waals surface area contributed by atoms with E-state index in [4.69, 9.17) is 0 Å². The summed E-state index contributed by atoms with van der Waals surface area (Å²) in [4.78, 5) is 2.29. The molecule has 2 rings (SSSR count). The minimum absolute atomic E-state index is 0.196. The molecular formula is C12H16BrFN2. The van der Waals surface area contributed by atoms with E-state index in [1.165, 1.54) is 12.1 Å². The van der Waals surface area contributed by atoms with Gasteiger partial charge >= 0.3 is 0 Å². The number of rotatable bonds is 3. The molecule has 1 aromatic rings. The van der Waals surface area contributed by atoms with E-state index in [9.17, 15) is 4.39 Å². The van der Waals surface area contributed by atoms with Crippen LogP contribution in [0.1, 0.15) is 13.3 Å². The molecule has 0 amide bonds. The van der Waals surface area contributed by atoms with Gasteiger partial charge in [0.15, 0.2) is 0 Å². The molecule has 1 heterocycles. The van der Waals surface area contributed by atoms with Crippen molar-refractivity contribution < 1.29 is 4.39 Å². The lowest BCUT2D eigenvalue weighted by atomic mass is 10.2. The first-order valence-electron chi connectivity index (χ1n) is 5.64. The van der Waals surface area contributed by atoms with Crippen LogP contribution in [-0.2, 0) is 0 Å². The standard InChI is InChI=1S/C12H16BrFN2/c1-2-15-10-5-6-16(8-10)12-4-3-9(14)7-11(12)13/h3-4,7,10,15H,2,5-6,8H2,1H3. The summed E-state index contributed by atoms with van der Waals surface area (Å²) in [7, 11) is 0. The topological polar surface area (TPSA) is 15.3 Å². The molecule has 2 nitrogen and oxygen atoms in total. The Hall–Kier alpha value is -0.610. The van der Waals surface area contributed by atoms with Crippen LogP contribution in [-0.4, -0.2) is 25.7 Å². The van der Waals surface area contributed by atoms with E-state index >= 15 is 0 Å². The van der Waals surface area contributed by atoms with Gasteiger partial charge < -0.3 is 10.2 Å². The lowest BCUT2D eigenvalue weighted by molar-refractivity contribution is 0.572. The van der Waals surface area contributed by atoms with Crippen LogP contribution in [0.5, 0.6) is 0 Å². The molecule has 1 saturated heterocycles. The number of benzene rings is 1. The average Bonchev–Trinajstić information content (AvgIpc) is 2.67. The van der Waals surface area contributed by atoms with Gasteiger partial charge in [-0.25, -0.2) is 4.39 Å². The third kappa shape index (κ3) is 2.55. The molecule has 0 spiro atoms. The molecule has 4 heteroatoms. The molecule has 1 aliphatic heterocycles. The molecule has 1 aliphatic rings. The maximum Gasteiger partial charge on any atom is 0.124 e. The Morgan fingerprint density at radius 1 is 1.56 bits per heavy atom. The molecule has 1 unspecified atom stereocenters. The van der Waals surface area contributed by atoms with Crippen LogP contribution >= 0.6 is 15.9 Å². The Labute approximate surface area is 104 Å². The Bertz CT molecular complexity index is 370. The van der Waals surface area contributed by atoms with Gasteiger partial charge in [0.05, 0.1) is 5.69 Å². The predicted molar refractivity (Wildman–Crippen MR) is 68.4 cm³/mol. The quantitative estimate of drug-likeness (QED) is 0.919. The van der Waals surface area contributed by atoms with Gasteiger partial charge in [0.2, 0.25) is 0 Å². The smallest absolute Gasteiger partial charge is 0.124 e. The van der Waals surface area contributed by atoms with Gasteiger partial charge in [-0.2, -0.15) is 0 Å². The van der Waals surface area contributed by atoms with Crippen LogP contribution in [0.3, 0.4) is 0 Å². The second-order valence-electron chi connectivity index (χ2n) is 4.09. The van der Waals surface area contributed by atoms with Crippen LogP contribution in [0.15, 0.2) is 22.7 Å². The Morgan fingerprint density at radius 2 is 2.38 bits per heavy atom. The Balaban J connectivity index is 2.08. The van der Waals surface area contributed by atoms with Crippen LogP contribution < -0.4 is 10.2 Å². The van der Waals surface area contributed by atoms with Gasteiger partial charge in [-0.05, 0) is 47.1 Å². The molecule has 1 N–H and O–H groups in total. The van der Waals surface area contributed by atoms with E-state index in [0.717, 1.165) is 36.2 Å². The van der Waals surface area contributed by atoms with E-state index in [0.29, 0.717) is 6.04 Å². The van der Waals surface area contributed by atoms with Crippen LogP contribution in [0.4, 0.5) is 10.1 Å². The summed E-state index contributed by atoms with van der Waals surface area (Å²) >= 11 is 3.41. The van der Waals surface area contributed by atoms with E-state index < -0.39 is 0 Å². The summed E-state index contributed by atoms with van der Waals surface area (Å²) in [5.41, 5.74) is 1.09. The van der Waals surface area contributed by atoms with Crippen molar-refractivity contribution in [2.24, 2.45) is 0 Å². The SMILES string of the molecule is CCNC1CCN(c2ccc(F)cc2Br)C1. The highest BCUT2D eigenvalue weighted by Gasteiger charge is 2.22. The fourth-order valence-electron chi connectivity index (χ4n) is 2.17. The summed E-state index contributed by atoms with van der Waals surface area (Å²) in [5, 5.41) is 3.44. The van der Waals surface area contributed by atoms with Crippen LogP contribution in [0.25, 0.3) is 0 Å². The maximum absolute atomic E-state index is 13.0. The fourth-order valence-corrected chi connectivity index (χ4v) is 2.77. The minimum Gasteiger partial charge on any atom is -0.369 e. The number of hydrogen-bond acceptors (Lipinski definition) is 2. The third-order valence-electron chi connectivity index (χ3n) is 2.93. The molecule has 1 aromatic carbocycles. The first-order chi connectivity index (χ1) is 7.70. The zero-order valence-corrected chi connectivity index (χ0v) is 10.9. The van der Waals surface area contributed by atoms with Crippen LogP contribution in [0.2, 0.25) is 0 Å². The molecule has 0 bridgehead atoms. The summed E-state index contributed by atoms with van der Waals surface area (Å²) in [5.74, 6) is -0.196. The van der Waals surface area contributed by atoms with Gasteiger partial charge in [-0.1, -0.05) is 6.92 Å². The monoisotopic (exact) mass is 286 g/mol. The highest BCUT2D eigenvalue weighted by Crippen LogP contribution is 2.29. The van der Waals surface area contributed by atoms with E-state index in [1.54, 1.807) is 0 Å². The largest absolute Gasteiger partial charge is 0.369 e. The average molecular weight is 287 g/mol. The molecule has 0 saturated carbocycles. The fraction of sp³-hybridized carbons (Fsp3) is 0.500. The highest BCUT2D eigenvalue weighted by atomic mass is 79.9. The van der Waals surface area contributed by atoms with E-state index in [1.807, 2.05) is 6.07 Å². The zero-order valence-electron chi connectivity index (χ0n) is 9.34. The van der Waals surface area contributed by atoms with Crippen molar-refractivity contribution in [2.75, 3.05) is 24.5 Å². The van der Waals surface area contributed by atoms with Crippen molar-refractivity contribution in [2.45, 2.75) is 19.4 Å². The summed E-state index contributed by atoms with van der Waals surface area (Å²) in [6.45, 7) is 5.15.